The largest absolute Gasteiger partial charge is 0.337 e. The number of amides is 1. The lowest BCUT2D eigenvalue weighted by Crippen LogP contribution is -2.31. The molecule has 1 amide bonds. The quantitative estimate of drug-likeness (QED) is 0.488. The van der Waals surface area contributed by atoms with E-state index < -0.39 is 4.92 Å². The van der Waals surface area contributed by atoms with Gasteiger partial charge in [0.15, 0.2) is 0 Å². The molecule has 138 valence electrons. The predicted octanol–water partition coefficient (Wildman–Crippen LogP) is 3.62. The maximum Gasteiger partial charge on any atom is 0.273 e. The van der Waals surface area contributed by atoms with Crippen LogP contribution in [-0.4, -0.2) is 32.4 Å². The molecule has 8 nitrogen and oxygen atoms in total. The molecule has 0 radical (unpaired) electrons. The molecule has 1 heterocycles. The minimum Gasteiger partial charge on any atom is -0.337 e. The average molecular weight is 366 g/mol. The van der Waals surface area contributed by atoms with E-state index in [1.807, 2.05) is 37.3 Å². The summed E-state index contributed by atoms with van der Waals surface area (Å²) in [4.78, 5) is 29.3. The van der Waals surface area contributed by atoms with Gasteiger partial charge < -0.3 is 9.42 Å². The zero-order valence-electron chi connectivity index (χ0n) is 15.0. The van der Waals surface area contributed by atoms with Gasteiger partial charge in [0.2, 0.25) is 11.7 Å². The van der Waals surface area contributed by atoms with Crippen molar-refractivity contribution < 1.29 is 14.2 Å². The first-order chi connectivity index (χ1) is 13.0. The molecule has 3 aromatic rings. The standard InChI is InChI=1S/C19H18N4O4/c1-3-22(19(24)15-10-7-11-16(13(15)2)23(25)26)12-17-20-18(21-27-17)14-8-5-4-6-9-14/h4-11H,3,12H2,1-2H3. The van der Waals surface area contributed by atoms with Crippen LogP contribution in [0.25, 0.3) is 11.4 Å². The molecule has 0 unspecified atom stereocenters. The van der Waals surface area contributed by atoms with Crippen molar-refractivity contribution in [2.75, 3.05) is 6.54 Å². The van der Waals surface area contributed by atoms with Crippen molar-refractivity contribution in [2.24, 2.45) is 0 Å². The maximum atomic E-state index is 12.9. The topological polar surface area (TPSA) is 102 Å². The first-order valence-corrected chi connectivity index (χ1v) is 8.42. The Kier molecular flexibility index (Phi) is 5.25. The summed E-state index contributed by atoms with van der Waals surface area (Å²) in [5.74, 6) is 0.422. The molecule has 0 aliphatic rings. The Morgan fingerprint density at radius 3 is 2.59 bits per heavy atom. The summed E-state index contributed by atoms with van der Waals surface area (Å²) in [6, 6.07) is 13.8. The third kappa shape index (κ3) is 3.84. The van der Waals surface area contributed by atoms with Gasteiger partial charge in [0.05, 0.1) is 4.92 Å². The van der Waals surface area contributed by atoms with Gasteiger partial charge in [-0.2, -0.15) is 4.98 Å². The Hall–Kier alpha value is -3.55. The number of nitrogens with zero attached hydrogens (tertiary/aromatic N) is 4. The molecule has 0 atom stereocenters. The Morgan fingerprint density at radius 1 is 1.19 bits per heavy atom. The van der Waals surface area contributed by atoms with Crippen LogP contribution in [0, 0.1) is 17.0 Å². The van der Waals surface area contributed by atoms with E-state index in [-0.39, 0.29) is 23.7 Å². The van der Waals surface area contributed by atoms with Gasteiger partial charge in [-0.1, -0.05) is 41.6 Å². The van der Waals surface area contributed by atoms with Gasteiger partial charge in [0, 0.05) is 29.3 Å². The second kappa shape index (κ2) is 7.77. The van der Waals surface area contributed by atoms with Crippen molar-refractivity contribution in [2.45, 2.75) is 20.4 Å². The number of aromatic nitrogens is 2. The second-order valence-corrected chi connectivity index (χ2v) is 5.90. The number of carbonyl (C=O) groups excluding carboxylic acids is 1. The van der Waals surface area contributed by atoms with E-state index in [9.17, 15) is 14.9 Å². The van der Waals surface area contributed by atoms with Crippen LogP contribution in [0.5, 0.6) is 0 Å². The number of nitro groups is 1. The summed E-state index contributed by atoms with van der Waals surface area (Å²) < 4.78 is 5.27. The lowest BCUT2D eigenvalue weighted by Gasteiger charge is -2.19. The number of rotatable bonds is 6. The van der Waals surface area contributed by atoms with E-state index in [0.29, 0.717) is 23.8 Å². The number of hydrogen-bond acceptors (Lipinski definition) is 6. The predicted molar refractivity (Wildman–Crippen MR) is 98.0 cm³/mol. The molecule has 0 fully saturated rings. The van der Waals surface area contributed by atoms with Crippen LogP contribution in [0.15, 0.2) is 53.1 Å². The van der Waals surface area contributed by atoms with E-state index in [2.05, 4.69) is 10.1 Å². The van der Waals surface area contributed by atoms with Crippen LogP contribution >= 0.6 is 0 Å². The lowest BCUT2D eigenvalue weighted by atomic mass is 10.1. The summed E-state index contributed by atoms with van der Waals surface area (Å²) in [6.07, 6.45) is 0. The van der Waals surface area contributed by atoms with Crippen LogP contribution in [0.2, 0.25) is 0 Å². The smallest absolute Gasteiger partial charge is 0.273 e. The van der Waals surface area contributed by atoms with Crippen molar-refractivity contribution in [1.82, 2.24) is 15.0 Å². The first kappa shape index (κ1) is 18.2. The zero-order chi connectivity index (χ0) is 19.4. The molecule has 0 aliphatic heterocycles. The van der Waals surface area contributed by atoms with E-state index in [4.69, 9.17) is 4.52 Å². The third-order valence-corrected chi connectivity index (χ3v) is 4.23. The van der Waals surface area contributed by atoms with E-state index in [1.54, 1.807) is 13.0 Å². The fourth-order valence-electron chi connectivity index (χ4n) is 2.74. The van der Waals surface area contributed by atoms with E-state index in [0.717, 1.165) is 5.56 Å². The highest BCUT2D eigenvalue weighted by Crippen LogP contribution is 2.23. The highest BCUT2D eigenvalue weighted by Gasteiger charge is 2.23. The minimum atomic E-state index is -0.494. The lowest BCUT2D eigenvalue weighted by molar-refractivity contribution is -0.385. The maximum absolute atomic E-state index is 12.9. The molecule has 27 heavy (non-hydrogen) atoms. The molecule has 0 aliphatic carbocycles. The van der Waals surface area contributed by atoms with Crippen molar-refractivity contribution in [3.63, 3.8) is 0 Å². The number of benzene rings is 2. The average Bonchev–Trinajstić information content (AvgIpc) is 3.15. The summed E-state index contributed by atoms with van der Waals surface area (Å²) >= 11 is 0. The molecule has 3 rings (SSSR count). The zero-order valence-corrected chi connectivity index (χ0v) is 15.0. The van der Waals surface area contributed by atoms with Crippen LogP contribution in [0.1, 0.15) is 28.7 Å². The molecular formula is C19H18N4O4. The fraction of sp³-hybridized carbons (Fsp3) is 0.211. The van der Waals surface area contributed by atoms with Gasteiger partial charge >= 0.3 is 0 Å². The summed E-state index contributed by atoms with van der Waals surface area (Å²) in [5.41, 5.74) is 1.35. The number of nitro benzene ring substituents is 1. The van der Waals surface area contributed by atoms with Gasteiger partial charge in [-0.3, -0.25) is 14.9 Å². The summed E-state index contributed by atoms with van der Waals surface area (Å²) in [5, 5.41) is 15.1. The highest BCUT2D eigenvalue weighted by atomic mass is 16.6. The molecule has 0 saturated heterocycles. The SMILES string of the molecule is CCN(Cc1nc(-c2ccccc2)no1)C(=O)c1cccc([N+](=O)[O-])c1C. The van der Waals surface area contributed by atoms with Gasteiger partial charge in [-0.05, 0) is 19.9 Å². The molecule has 0 saturated carbocycles. The monoisotopic (exact) mass is 366 g/mol. The second-order valence-electron chi connectivity index (χ2n) is 5.90. The highest BCUT2D eigenvalue weighted by molar-refractivity contribution is 5.96. The van der Waals surface area contributed by atoms with Gasteiger partial charge in [-0.25, -0.2) is 0 Å². The summed E-state index contributed by atoms with van der Waals surface area (Å²) in [7, 11) is 0. The van der Waals surface area contributed by atoms with Crippen LogP contribution < -0.4 is 0 Å². The Labute approximate surface area is 155 Å². The molecule has 2 aromatic carbocycles. The Balaban J connectivity index is 1.82. The van der Waals surface area contributed by atoms with Gasteiger partial charge in [0.25, 0.3) is 11.6 Å². The Morgan fingerprint density at radius 2 is 1.93 bits per heavy atom. The molecule has 8 heteroatoms. The molecule has 0 bridgehead atoms. The Bertz CT molecular complexity index is 969. The summed E-state index contributed by atoms with van der Waals surface area (Å²) in [6.45, 7) is 3.90. The van der Waals surface area contributed by atoms with Crippen molar-refractivity contribution in [3.05, 3.63) is 75.7 Å². The van der Waals surface area contributed by atoms with Crippen LogP contribution in [-0.2, 0) is 6.54 Å². The minimum absolute atomic E-state index is 0.0824. The van der Waals surface area contributed by atoms with Crippen LogP contribution in [0.3, 0.4) is 0 Å². The number of carbonyl (C=O) groups is 1. The normalized spacial score (nSPS) is 10.6. The molecule has 1 aromatic heterocycles. The van der Waals surface area contributed by atoms with Crippen molar-refractivity contribution in [3.8, 4) is 11.4 Å². The van der Waals surface area contributed by atoms with Crippen molar-refractivity contribution in [1.29, 1.82) is 0 Å². The van der Waals surface area contributed by atoms with E-state index in [1.165, 1.54) is 17.0 Å². The van der Waals surface area contributed by atoms with Crippen LogP contribution in [0.4, 0.5) is 5.69 Å². The molecule has 0 N–H and O–H groups in total. The van der Waals surface area contributed by atoms with E-state index >= 15 is 0 Å². The van der Waals surface area contributed by atoms with Gasteiger partial charge in [0.1, 0.15) is 6.54 Å². The molecular weight excluding hydrogens is 348 g/mol. The fourth-order valence-corrected chi connectivity index (χ4v) is 2.74. The molecule has 0 spiro atoms. The van der Waals surface area contributed by atoms with Crippen molar-refractivity contribution >= 4 is 11.6 Å². The number of hydrogen-bond donors (Lipinski definition) is 0. The first-order valence-electron chi connectivity index (χ1n) is 8.42. The third-order valence-electron chi connectivity index (χ3n) is 4.23. The van der Waals surface area contributed by atoms with Gasteiger partial charge in [-0.15, -0.1) is 0 Å².